The standard InChI is InChI=1S/C25H26N2O3.C18H16N2O2.C7H10ClO/c28-23(18-9-2-1-3-10-18)26-15-14-17-8-4-5-11-19(17)22(26)16-27-24(29)20-12-6-7-13-21(20)25(27)30;21-17-14-7-3-4-8-15(14)18(22)20(17)11-16-13-6-2-1-5-12(13)9-10-19-16;8-7(9)6-4-2-1-3-5-6/h4-8,11-13,18,22H,1-3,9-10,14-16H2;1-8,16,19H,9-11H2;4,6H,1-3,5H2/q;;+1/t22-;16-;/m11./s1. The lowest BCUT2D eigenvalue weighted by Crippen LogP contribution is -2.48. The number of fused-ring (bicyclic) bond motifs is 4. The smallest absolute Gasteiger partial charge is 0.269 e. The fourth-order valence-electron chi connectivity index (χ4n) is 9.77. The summed E-state index contributed by atoms with van der Waals surface area (Å²) in [6.07, 6.45) is 13.5. The summed E-state index contributed by atoms with van der Waals surface area (Å²) in [4.78, 5) is 79.5. The maximum Gasteiger partial charge on any atom is 0.269 e. The van der Waals surface area contributed by atoms with E-state index in [0.717, 1.165) is 69.9 Å². The number of hydrogen-bond donors (Lipinski definition) is 1. The first kappa shape index (κ1) is 42.1. The van der Waals surface area contributed by atoms with Gasteiger partial charge in [0, 0.05) is 19.0 Å². The average molecular weight is 840 g/mol. The van der Waals surface area contributed by atoms with Crippen molar-refractivity contribution in [3.8, 4) is 0 Å². The summed E-state index contributed by atoms with van der Waals surface area (Å²) in [6.45, 7) is 2.09. The predicted octanol–water partition coefficient (Wildman–Crippen LogP) is 8.30. The first-order valence-corrected chi connectivity index (χ1v) is 22.2. The number of amides is 5. The van der Waals surface area contributed by atoms with E-state index >= 15 is 0 Å². The molecule has 4 aromatic carbocycles. The van der Waals surface area contributed by atoms with Crippen LogP contribution in [0.2, 0.25) is 0 Å². The van der Waals surface area contributed by atoms with Crippen LogP contribution in [-0.4, -0.2) is 75.7 Å². The Morgan fingerprint density at radius 1 is 0.607 bits per heavy atom. The van der Waals surface area contributed by atoms with Crippen molar-refractivity contribution in [2.24, 2.45) is 11.8 Å². The van der Waals surface area contributed by atoms with Crippen LogP contribution in [0.5, 0.6) is 0 Å². The van der Waals surface area contributed by atoms with Crippen LogP contribution in [-0.2, 0) is 22.4 Å². The molecule has 6 aliphatic rings. The highest BCUT2D eigenvalue weighted by molar-refractivity contribution is 6.64. The third kappa shape index (κ3) is 8.93. The number of nitrogens with one attached hydrogen (secondary N) is 1. The zero-order valence-electron chi connectivity index (χ0n) is 34.4. The molecule has 1 unspecified atom stereocenters. The molecule has 314 valence electrons. The quantitative estimate of drug-likeness (QED) is 0.118. The molecule has 61 heavy (non-hydrogen) atoms. The Kier molecular flexibility index (Phi) is 13.1. The van der Waals surface area contributed by atoms with Gasteiger partial charge in [0.05, 0.1) is 53.7 Å². The van der Waals surface area contributed by atoms with E-state index in [9.17, 15) is 28.8 Å². The molecule has 1 N–H and O–H groups in total. The molecule has 0 spiro atoms. The average Bonchev–Trinajstić information content (AvgIpc) is 3.70. The molecular formula is C50H52ClN4O6+. The van der Waals surface area contributed by atoms with Crippen LogP contribution in [0.25, 0.3) is 0 Å². The fraction of sp³-hybridized carbons (Fsp3) is 0.380. The molecule has 4 heterocycles. The molecule has 0 radical (unpaired) electrons. The number of hydrogen-bond acceptors (Lipinski definition) is 7. The van der Waals surface area contributed by atoms with E-state index in [1.54, 1.807) is 48.5 Å². The molecule has 10 rings (SSSR count). The lowest BCUT2D eigenvalue weighted by Gasteiger charge is -2.41. The minimum atomic E-state index is -0.286. The summed E-state index contributed by atoms with van der Waals surface area (Å²) in [5, 5.41) is 3.24. The van der Waals surface area contributed by atoms with Gasteiger partial charge in [-0.2, -0.15) is 0 Å². The minimum Gasteiger partial charge on any atom is -0.333 e. The van der Waals surface area contributed by atoms with Gasteiger partial charge in [0.1, 0.15) is 0 Å². The van der Waals surface area contributed by atoms with Crippen LogP contribution in [0.15, 0.2) is 97.1 Å². The summed E-state index contributed by atoms with van der Waals surface area (Å²) in [6, 6.07) is 30.1. The first-order chi connectivity index (χ1) is 29.7. The Balaban J connectivity index is 0.000000144. The molecule has 0 aromatic heterocycles. The van der Waals surface area contributed by atoms with Crippen molar-refractivity contribution in [3.05, 3.63) is 148 Å². The number of nitrogens with zero attached hydrogens (tertiary/aromatic N) is 3. The Bertz CT molecular complexity index is 2250. The van der Waals surface area contributed by atoms with Gasteiger partial charge in [0.25, 0.3) is 28.9 Å². The van der Waals surface area contributed by atoms with E-state index in [4.69, 9.17) is 11.6 Å². The lowest BCUT2D eigenvalue weighted by atomic mass is 9.85. The second-order valence-corrected chi connectivity index (χ2v) is 17.1. The zero-order chi connectivity index (χ0) is 42.5. The largest absolute Gasteiger partial charge is 0.333 e. The van der Waals surface area contributed by atoms with E-state index in [2.05, 4.69) is 23.5 Å². The Labute approximate surface area is 362 Å². The highest BCUT2D eigenvalue weighted by Gasteiger charge is 2.42. The van der Waals surface area contributed by atoms with Gasteiger partial charge >= 0.3 is 0 Å². The first-order valence-electron chi connectivity index (χ1n) is 21.8. The summed E-state index contributed by atoms with van der Waals surface area (Å²) in [5.74, 6) is -0.594. The molecule has 3 atom stereocenters. The van der Waals surface area contributed by atoms with E-state index < -0.39 is 0 Å². The van der Waals surface area contributed by atoms with Crippen molar-refractivity contribution in [1.82, 2.24) is 20.0 Å². The van der Waals surface area contributed by atoms with Crippen LogP contribution in [0, 0.1) is 18.3 Å². The van der Waals surface area contributed by atoms with Crippen LogP contribution in [0.4, 0.5) is 0 Å². The Morgan fingerprint density at radius 2 is 1.11 bits per heavy atom. The number of carbonyl (C=O) groups excluding carboxylic acids is 6. The van der Waals surface area contributed by atoms with Gasteiger partial charge in [-0.15, -0.1) is 0 Å². The molecule has 2 aliphatic carbocycles. The second kappa shape index (κ2) is 19.0. The van der Waals surface area contributed by atoms with Crippen LogP contribution in [0.1, 0.15) is 134 Å². The fourth-order valence-corrected chi connectivity index (χ4v) is 9.97. The van der Waals surface area contributed by atoms with Gasteiger partial charge in [-0.25, -0.2) is 0 Å². The topological polar surface area (TPSA) is 124 Å². The molecule has 0 bridgehead atoms. The molecule has 10 nitrogen and oxygen atoms in total. The summed E-state index contributed by atoms with van der Waals surface area (Å²) in [5.41, 5.74) is 6.67. The van der Waals surface area contributed by atoms with Crippen LogP contribution >= 0.6 is 11.6 Å². The summed E-state index contributed by atoms with van der Waals surface area (Å²) < 4.78 is 0. The monoisotopic (exact) mass is 839 g/mol. The van der Waals surface area contributed by atoms with Gasteiger partial charge in [-0.3, -0.25) is 38.6 Å². The van der Waals surface area contributed by atoms with Crippen molar-refractivity contribution in [3.63, 3.8) is 0 Å². The van der Waals surface area contributed by atoms with E-state index in [1.165, 1.54) is 39.3 Å². The third-order valence-electron chi connectivity index (χ3n) is 13.1. The number of imide groups is 2. The van der Waals surface area contributed by atoms with Gasteiger partial charge < -0.3 is 10.2 Å². The predicted molar refractivity (Wildman–Crippen MR) is 233 cm³/mol. The summed E-state index contributed by atoms with van der Waals surface area (Å²) >= 11 is 5.29. The molecule has 2 fully saturated rings. The molecular weight excluding hydrogens is 788 g/mol. The Morgan fingerprint density at radius 3 is 1.66 bits per heavy atom. The maximum atomic E-state index is 13.5. The molecule has 2 saturated carbocycles. The van der Waals surface area contributed by atoms with Gasteiger partial charge in [-0.1, -0.05) is 92.1 Å². The zero-order valence-corrected chi connectivity index (χ0v) is 35.2. The summed E-state index contributed by atoms with van der Waals surface area (Å²) in [7, 11) is 0. The molecule has 0 saturated heterocycles. The van der Waals surface area contributed by atoms with Gasteiger partial charge in [0.2, 0.25) is 5.91 Å². The molecule has 4 aromatic rings. The maximum absolute atomic E-state index is 13.5. The normalized spacial score (nSPS) is 21.8. The lowest BCUT2D eigenvalue weighted by molar-refractivity contribution is -0.140. The van der Waals surface area contributed by atoms with E-state index in [-0.39, 0.29) is 65.2 Å². The third-order valence-corrected chi connectivity index (χ3v) is 13.3. The van der Waals surface area contributed by atoms with Crippen molar-refractivity contribution >= 4 is 46.4 Å². The van der Waals surface area contributed by atoms with Crippen molar-refractivity contribution in [2.75, 3.05) is 26.2 Å². The second-order valence-electron chi connectivity index (χ2n) is 16.8. The van der Waals surface area contributed by atoms with E-state index in [1.807, 2.05) is 41.7 Å². The minimum absolute atomic E-state index is 0.00663. The Hall–Kier alpha value is -5.58. The SMILES string of the molecule is O=C(Cl)C1[CH+]CCCC1.O=C1c2ccccc2C(=O)N1C[C@@H]1c2ccccc2CCN1C(=O)C1CCCCC1.O=C1c2ccccc2C(=O)N1C[C@H]1NCCc2ccccc21. The van der Waals surface area contributed by atoms with Gasteiger partial charge in [-0.05, 0) is 110 Å². The van der Waals surface area contributed by atoms with Crippen molar-refractivity contribution in [2.45, 2.75) is 82.7 Å². The number of benzene rings is 4. The number of halogens is 1. The molecule has 4 aliphatic heterocycles. The van der Waals surface area contributed by atoms with Crippen molar-refractivity contribution in [1.29, 1.82) is 0 Å². The van der Waals surface area contributed by atoms with Crippen LogP contribution in [0.3, 0.4) is 0 Å². The molecule has 11 heteroatoms. The van der Waals surface area contributed by atoms with Crippen LogP contribution < -0.4 is 5.32 Å². The highest BCUT2D eigenvalue weighted by atomic mass is 35.5. The number of rotatable bonds is 6. The molecule has 5 amide bonds. The van der Waals surface area contributed by atoms with Gasteiger partial charge in [0.15, 0.2) is 5.92 Å². The van der Waals surface area contributed by atoms with E-state index in [0.29, 0.717) is 35.3 Å². The highest BCUT2D eigenvalue weighted by Crippen LogP contribution is 2.36. The number of carbonyl (C=O) groups is 6. The van der Waals surface area contributed by atoms with Crippen molar-refractivity contribution < 1.29 is 28.8 Å².